The van der Waals surface area contributed by atoms with Gasteiger partial charge in [0.15, 0.2) is 0 Å². The number of aliphatic hydroxyl groups is 1. The Morgan fingerprint density at radius 3 is 1.47 bits per heavy atom. The van der Waals surface area contributed by atoms with Crippen molar-refractivity contribution in [3.8, 4) is 5.75 Å². The maximum Gasteiger partial charge on any atom is 0.128 e. The molecule has 0 aromatic heterocycles. The second kappa shape index (κ2) is 17.9. The number of hydrogen-bond acceptors (Lipinski definition) is 6. The van der Waals surface area contributed by atoms with E-state index >= 15 is 0 Å². The van der Waals surface area contributed by atoms with Gasteiger partial charge in [0.2, 0.25) is 0 Å². The van der Waals surface area contributed by atoms with Crippen LogP contribution in [0, 0.1) is 5.92 Å². The third-order valence-corrected chi connectivity index (χ3v) is 8.96. The lowest BCUT2D eigenvalue weighted by Crippen LogP contribution is -2.59. The highest BCUT2D eigenvalue weighted by molar-refractivity contribution is 5.35. The molecule has 49 heavy (non-hydrogen) atoms. The van der Waals surface area contributed by atoms with Crippen LogP contribution in [-0.2, 0) is 45.4 Å². The highest BCUT2D eigenvalue weighted by Crippen LogP contribution is 2.37. The first-order valence-electron chi connectivity index (χ1n) is 17.2. The van der Waals surface area contributed by atoms with Crippen molar-refractivity contribution in [3.63, 3.8) is 0 Å². The van der Waals surface area contributed by atoms with E-state index in [1.165, 1.54) is 0 Å². The summed E-state index contributed by atoms with van der Waals surface area (Å²) < 4.78 is 33.8. The summed E-state index contributed by atoms with van der Waals surface area (Å²) in [5.74, 6) is 0.554. The van der Waals surface area contributed by atoms with Crippen LogP contribution < -0.4 is 4.74 Å². The van der Waals surface area contributed by atoms with Crippen LogP contribution >= 0.6 is 0 Å². The normalized spacial score (nSPS) is 21.2. The molecule has 0 bridgehead atoms. The molecule has 1 unspecified atom stereocenters. The van der Waals surface area contributed by atoms with Crippen LogP contribution in [0.5, 0.6) is 5.75 Å². The van der Waals surface area contributed by atoms with Gasteiger partial charge < -0.3 is 28.8 Å². The molecule has 6 atom stereocenters. The van der Waals surface area contributed by atoms with E-state index in [4.69, 9.17) is 23.7 Å². The fourth-order valence-electron chi connectivity index (χ4n) is 6.43. The van der Waals surface area contributed by atoms with Crippen molar-refractivity contribution in [1.29, 1.82) is 0 Å². The Morgan fingerprint density at radius 1 is 0.531 bits per heavy atom. The molecule has 6 rings (SSSR count). The van der Waals surface area contributed by atoms with Gasteiger partial charge in [-0.1, -0.05) is 140 Å². The Labute approximate surface area is 290 Å². The molecule has 254 valence electrons. The quantitative estimate of drug-likeness (QED) is 0.115. The molecular weight excluding hydrogens is 612 g/mol. The highest BCUT2D eigenvalue weighted by atomic mass is 16.6. The number of aliphatic hydroxyl groups excluding tert-OH is 1. The van der Waals surface area contributed by atoms with Crippen LogP contribution in [0.3, 0.4) is 0 Å². The van der Waals surface area contributed by atoms with Gasteiger partial charge in [-0.3, -0.25) is 0 Å². The van der Waals surface area contributed by atoms with E-state index in [-0.39, 0.29) is 12.0 Å². The molecule has 1 N–H and O–H groups in total. The van der Waals surface area contributed by atoms with Gasteiger partial charge >= 0.3 is 0 Å². The van der Waals surface area contributed by atoms with Crippen LogP contribution in [0.4, 0.5) is 0 Å². The van der Waals surface area contributed by atoms with E-state index in [1.807, 2.05) is 97.1 Å². The van der Waals surface area contributed by atoms with E-state index in [1.54, 1.807) is 6.92 Å². The van der Waals surface area contributed by atoms with Crippen molar-refractivity contribution in [2.24, 2.45) is 5.92 Å². The molecular formula is C43H46O6. The number of para-hydroxylation sites is 1. The Balaban J connectivity index is 1.34. The molecule has 1 saturated carbocycles. The molecule has 5 aromatic carbocycles. The molecule has 6 nitrogen and oxygen atoms in total. The first kappa shape index (κ1) is 34.6. The fraction of sp³-hybridized carbons (Fsp3) is 0.302. The predicted molar refractivity (Wildman–Crippen MR) is 191 cm³/mol. The second-order valence-corrected chi connectivity index (χ2v) is 12.7. The summed E-state index contributed by atoms with van der Waals surface area (Å²) in [6.07, 6.45) is -1.83. The van der Waals surface area contributed by atoms with Crippen molar-refractivity contribution in [1.82, 2.24) is 0 Å². The molecule has 0 saturated heterocycles. The average molecular weight is 659 g/mol. The van der Waals surface area contributed by atoms with Crippen LogP contribution in [0.1, 0.15) is 47.3 Å². The highest BCUT2D eigenvalue weighted by Gasteiger charge is 2.48. The zero-order valence-corrected chi connectivity index (χ0v) is 28.1. The molecule has 0 aliphatic heterocycles. The monoisotopic (exact) mass is 658 g/mol. The standard InChI is InChI=1S/C43H46O6/c1-32(44)38-24-14-15-25-39(38)49-40-26-37(31-45-27-33-16-6-2-7-17-33)41(46-28-34-18-8-3-9-19-34)43(48-30-36-22-12-5-13-23-36)42(40)47-29-35-20-10-4-11-21-35/h2-25,32,37,40-44H,26-31H2,1H3/t32?,37-,40-,41-,42+,43+/m1/s1. The van der Waals surface area contributed by atoms with Crippen LogP contribution in [0.25, 0.3) is 0 Å². The summed E-state index contributed by atoms with van der Waals surface area (Å²) in [5.41, 5.74) is 5.04. The summed E-state index contributed by atoms with van der Waals surface area (Å²) >= 11 is 0. The third-order valence-electron chi connectivity index (χ3n) is 8.96. The Bertz CT molecular complexity index is 1650. The summed E-state index contributed by atoms with van der Waals surface area (Å²) in [7, 11) is 0. The number of ether oxygens (including phenoxy) is 5. The Hall–Kier alpha value is -4.30. The molecule has 0 radical (unpaired) electrons. The van der Waals surface area contributed by atoms with Gasteiger partial charge in [-0.25, -0.2) is 0 Å². The van der Waals surface area contributed by atoms with Gasteiger partial charge in [0.1, 0.15) is 24.1 Å². The third kappa shape index (κ3) is 9.88. The topological polar surface area (TPSA) is 66.4 Å². The van der Waals surface area contributed by atoms with E-state index in [9.17, 15) is 5.11 Å². The largest absolute Gasteiger partial charge is 0.487 e. The lowest BCUT2D eigenvalue weighted by atomic mass is 9.80. The van der Waals surface area contributed by atoms with Gasteiger partial charge in [0.25, 0.3) is 0 Å². The lowest BCUT2D eigenvalue weighted by Gasteiger charge is -2.46. The smallest absolute Gasteiger partial charge is 0.128 e. The molecule has 0 spiro atoms. The zero-order valence-electron chi connectivity index (χ0n) is 28.1. The van der Waals surface area contributed by atoms with Crippen LogP contribution in [0.2, 0.25) is 0 Å². The summed E-state index contributed by atoms with van der Waals surface area (Å²) in [5, 5.41) is 10.6. The van der Waals surface area contributed by atoms with E-state index in [0.717, 1.165) is 27.8 Å². The Morgan fingerprint density at radius 2 is 0.959 bits per heavy atom. The summed E-state index contributed by atoms with van der Waals surface area (Å²) in [6.45, 7) is 3.89. The predicted octanol–water partition coefficient (Wildman–Crippen LogP) is 8.48. The molecule has 1 aliphatic carbocycles. The van der Waals surface area contributed by atoms with Gasteiger partial charge in [0.05, 0.1) is 45.2 Å². The number of benzene rings is 5. The van der Waals surface area contributed by atoms with E-state index in [0.29, 0.717) is 45.2 Å². The van der Waals surface area contributed by atoms with Gasteiger partial charge in [0, 0.05) is 11.5 Å². The lowest BCUT2D eigenvalue weighted by molar-refractivity contribution is -0.220. The minimum Gasteiger partial charge on any atom is -0.487 e. The van der Waals surface area contributed by atoms with E-state index < -0.39 is 24.4 Å². The Kier molecular flexibility index (Phi) is 12.6. The SMILES string of the molecule is CC(O)c1ccccc1O[C@@H]1C[C@H](COCc2ccccc2)[C@@H](OCc2ccccc2)[C@H](OCc2ccccc2)[C@H]1OCc1ccccc1. The summed E-state index contributed by atoms with van der Waals surface area (Å²) in [6, 6.07) is 48.4. The van der Waals surface area contributed by atoms with Crippen LogP contribution in [-0.4, -0.2) is 36.1 Å². The van der Waals surface area contributed by atoms with Crippen molar-refractivity contribution < 1.29 is 28.8 Å². The minimum absolute atomic E-state index is 0.0755. The first-order valence-corrected chi connectivity index (χ1v) is 17.2. The van der Waals surface area contributed by atoms with E-state index in [2.05, 4.69) is 48.5 Å². The second-order valence-electron chi connectivity index (χ2n) is 12.7. The molecule has 5 aromatic rings. The number of hydrogen-bond donors (Lipinski definition) is 1. The van der Waals surface area contributed by atoms with Crippen molar-refractivity contribution in [2.75, 3.05) is 6.61 Å². The zero-order chi connectivity index (χ0) is 33.7. The number of rotatable bonds is 16. The first-order chi connectivity index (χ1) is 24.1. The molecule has 6 heteroatoms. The van der Waals surface area contributed by atoms with Crippen molar-refractivity contribution >= 4 is 0 Å². The molecule has 1 aliphatic rings. The summed E-state index contributed by atoms with van der Waals surface area (Å²) in [4.78, 5) is 0. The van der Waals surface area contributed by atoms with Gasteiger partial charge in [-0.05, 0) is 41.7 Å². The van der Waals surface area contributed by atoms with Gasteiger partial charge in [-0.15, -0.1) is 0 Å². The van der Waals surface area contributed by atoms with Crippen LogP contribution in [0.15, 0.2) is 146 Å². The maximum atomic E-state index is 10.6. The average Bonchev–Trinajstić information content (AvgIpc) is 3.15. The van der Waals surface area contributed by atoms with Crippen molar-refractivity contribution in [3.05, 3.63) is 173 Å². The minimum atomic E-state index is -0.694. The molecule has 1 fully saturated rings. The maximum absolute atomic E-state index is 10.6. The van der Waals surface area contributed by atoms with Crippen molar-refractivity contribution in [2.45, 2.75) is 70.3 Å². The molecule has 0 amide bonds. The molecule has 0 heterocycles. The fourth-order valence-corrected chi connectivity index (χ4v) is 6.43. The van der Waals surface area contributed by atoms with Gasteiger partial charge in [-0.2, -0.15) is 0 Å².